The van der Waals surface area contributed by atoms with Gasteiger partial charge in [-0.05, 0) is 18.3 Å². The molecule has 3 N–H and O–H groups in total. The maximum absolute atomic E-state index is 6.01. The quantitative estimate of drug-likeness (QED) is 0.700. The van der Waals surface area contributed by atoms with Crippen LogP contribution in [0.15, 0.2) is 0 Å². The summed E-state index contributed by atoms with van der Waals surface area (Å²) >= 11 is 0. The second kappa shape index (κ2) is 3.47. The van der Waals surface area contributed by atoms with Gasteiger partial charge in [-0.15, -0.1) is 0 Å². The van der Waals surface area contributed by atoms with E-state index in [1.807, 2.05) is 0 Å². The van der Waals surface area contributed by atoms with E-state index >= 15 is 0 Å². The molecule has 2 aliphatic rings. The molecule has 2 fully saturated rings. The van der Waals surface area contributed by atoms with Gasteiger partial charge >= 0.3 is 0 Å². The normalized spacial score (nSPS) is 40.1. The molecule has 3 nitrogen and oxygen atoms in total. The summed E-state index contributed by atoms with van der Waals surface area (Å²) in [5.41, 5.74) is 6.74. The van der Waals surface area contributed by atoms with E-state index in [0.717, 1.165) is 26.3 Å². The standard InChI is InChI=1S/C11H22N2O/c1-10(3-4-10)6-13-7-11(2)8-14-5-9(11)12/h9,13H,3-8,12H2,1-2H3. The van der Waals surface area contributed by atoms with Gasteiger partial charge in [-0.3, -0.25) is 0 Å². The Labute approximate surface area is 86.4 Å². The van der Waals surface area contributed by atoms with Crippen LogP contribution in [0, 0.1) is 10.8 Å². The first-order valence-electron chi connectivity index (χ1n) is 5.58. The molecule has 0 bridgehead atoms. The number of hydrogen-bond donors (Lipinski definition) is 2. The predicted octanol–water partition coefficient (Wildman–Crippen LogP) is 0.740. The molecule has 82 valence electrons. The van der Waals surface area contributed by atoms with Crippen LogP contribution in [0.3, 0.4) is 0 Å². The number of ether oxygens (including phenoxy) is 1. The summed E-state index contributed by atoms with van der Waals surface area (Å²) in [7, 11) is 0. The summed E-state index contributed by atoms with van der Waals surface area (Å²) in [6.45, 7) is 8.20. The third-order valence-electron chi connectivity index (χ3n) is 3.81. The van der Waals surface area contributed by atoms with Crippen molar-refractivity contribution in [1.82, 2.24) is 5.32 Å². The zero-order valence-electron chi connectivity index (χ0n) is 9.31. The van der Waals surface area contributed by atoms with Gasteiger partial charge < -0.3 is 15.8 Å². The van der Waals surface area contributed by atoms with E-state index in [2.05, 4.69) is 19.2 Å². The van der Waals surface area contributed by atoms with Gasteiger partial charge in [0.25, 0.3) is 0 Å². The molecule has 2 unspecified atom stereocenters. The van der Waals surface area contributed by atoms with Crippen LogP contribution in [0.1, 0.15) is 26.7 Å². The first kappa shape index (κ1) is 10.4. The minimum Gasteiger partial charge on any atom is -0.379 e. The number of nitrogens with one attached hydrogen (secondary N) is 1. The minimum absolute atomic E-state index is 0.144. The molecular weight excluding hydrogens is 176 g/mol. The average Bonchev–Trinajstić information content (AvgIpc) is 2.75. The van der Waals surface area contributed by atoms with E-state index in [-0.39, 0.29) is 11.5 Å². The first-order valence-corrected chi connectivity index (χ1v) is 5.58. The van der Waals surface area contributed by atoms with Crippen molar-refractivity contribution in [3.8, 4) is 0 Å². The van der Waals surface area contributed by atoms with Crippen molar-refractivity contribution in [3.05, 3.63) is 0 Å². The Hall–Kier alpha value is -0.120. The summed E-state index contributed by atoms with van der Waals surface area (Å²) in [6.07, 6.45) is 2.75. The molecule has 2 atom stereocenters. The Kier molecular flexibility index (Phi) is 2.58. The van der Waals surface area contributed by atoms with Crippen LogP contribution in [0.4, 0.5) is 0 Å². The fraction of sp³-hybridized carbons (Fsp3) is 1.00. The average molecular weight is 198 g/mol. The molecule has 0 spiro atoms. The summed E-state index contributed by atoms with van der Waals surface area (Å²) in [4.78, 5) is 0. The molecule has 0 aromatic heterocycles. The fourth-order valence-electron chi connectivity index (χ4n) is 1.95. The van der Waals surface area contributed by atoms with Gasteiger partial charge in [0, 0.05) is 24.5 Å². The van der Waals surface area contributed by atoms with Crippen molar-refractivity contribution < 1.29 is 4.74 Å². The topological polar surface area (TPSA) is 47.3 Å². The van der Waals surface area contributed by atoms with Crippen LogP contribution in [-0.4, -0.2) is 32.3 Å². The van der Waals surface area contributed by atoms with E-state index in [0.29, 0.717) is 5.41 Å². The van der Waals surface area contributed by atoms with Crippen molar-refractivity contribution in [2.24, 2.45) is 16.6 Å². The summed E-state index contributed by atoms with van der Waals surface area (Å²) in [5, 5.41) is 3.54. The maximum atomic E-state index is 6.01. The van der Waals surface area contributed by atoms with Crippen molar-refractivity contribution in [2.45, 2.75) is 32.7 Å². The molecule has 14 heavy (non-hydrogen) atoms. The Bertz CT molecular complexity index is 215. The zero-order chi connectivity index (χ0) is 10.2. The zero-order valence-corrected chi connectivity index (χ0v) is 9.31. The van der Waals surface area contributed by atoms with Gasteiger partial charge in [0.1, 0.15) is 0 Å². The predicted molar refractivity (Wildman–Crippen MR) is 57.1 cm³/mol. The first-order chi connectivity index (χ1) is 6.54. The third-order valence-corrected chi connectivity index (χ3v) is 3.81. The molecule has 2 rings (SSSR count). The molecule has 0 amide bonds. The monoisotopic (exact) mass is 198 g/mol. The highest BCUT2D eigenvalue weighted by molar-refractivity contribution is 4.94. The van der Waals surface area contributed by atoms with E-state index in [4.69, 9.17) is 10.5 Å². The van der Waals surface area contributed by atoms with Crippen LogP contribution in [0.25, 0.3) is 0 Å². The molecule has 1 aliphatic heterocycles. The Balaban J connectivity index is 1.73. The molecule has 1 saturated heterocycles. The van der Waals surface area contributed by atoms with E-state index in [1.165, 1.54) is 12.8 Å². The van der Waals surface area contributed by atoms with Gasteiger partial charge in [-0.2, -0.15) is 0 Å². The van der Waals surface area contributed by atoms with Crippen LogP contribution >= 0.6 is 0 Å². The lowest BCUT2D eigenvalue weighted by Gasteiger charge is -2.27. The highest BCUT2D eigenvalue weighted by Crippen LogP contribution is 2.44. The molecule has 0 aromatic carbocycles. The van der Waals surface area contributed by atoms with Gasteiger partial charge in [0.2, 0.25) is 0 Å². The fourth-order valence-corrected chi connectivity index (χ4v) is 1.95. The Morgan fingerprint density at radius 3 is 2.57 bits per heavy atom. The van der Waals surface area contributed by atoms with Crippen LogP contribution in [0.5, 0.6) is 0 Å². The van der Waals surface area contributed by atoms with Crippen molar-refractivity contribution in [3.63, 3.8) is 0 Å². The molecule has 3 heteroatoms. The molecule has 1 saturated carbocycles. The Morgan fingerprint density at radius 1 is 1.36 bits per heavy atom. The van der Waals surface area contributed by atoms with Crippen LogP contribution in [0.2, 0.25) is 0 Å². The van der Waals surface area contributed by atoms with Crippen LogP contribution < -0.4 is 11.1 Å². The molecule has 0 aromatic rings. The van der Waals surface area contributed by atoms with Gasteiger partial charge in [-0.25, -0.2) is 0 Å². The highest BCUT2D eigenvalue weighted by Gasteiger charge is 2.40. The van der Waals surface area contributed by atoms with E-state index in [9.17, 15) is 0 Å². The highest BCUT2D eigenvalue weighted by atomic mass is 16.5. The second-order valence-corrected chi connectivity index (χ2v) is 5.69. The van der Waals surface area contributed by atoms with Gasteiger partial charge in [0.15, 0.2) is 0 Å². The van der Waals surface area contributed by atoms with E-state index in [1.54, 1.807) is 0 Å². The maximum Gasteiger partial charge on any atom is 0.0624 e. The molecular formula is C11H22N2O. The van der Waals surface area contributed by atoms with E-state index < -0.39 is 0 Å². The van der Waals surface area contributed by atoms with Gasteiger partial charge in [-0.1, -0.05) is 13.8 Å². The summed E-state index contributed by atoms with van der Waals surface area (Å²) in [6, 6.07) is 0.196. The van der Waals surface area contributed by atoms with Crippen molar-refractivity contribution in [2.75, 3.05) is 26.3 Å². The third kappa shape index (κ3) is 2.10. The lowest BCUT2D eigenvalue weighted by Crippen LogP contribution is -2.46. The lowest BCUT2D eigenvalue weighted by molar-refractivity contribution is 0.157. The molecule has 1 aliphatic carbocycles. The number of nitrogens with two attached hydrogens (primary N) is 1. The van der Waals surface area contributed by atoms with Crippen molar-refractivity contribution >= 4 is 0 Å². The van der Waals surface area contributed by atoms with Crippen molar-refractivity contribution in [1.29, 1.82) is 0 Å². The van der Waals surface area contributed by atoms with Crippen LogP contribution in [-0.2, 0) is 4.74 Å². The smallest absolute Gasteiger partial charge is 0.0624 e. The summed E-state index contributed by atoms with van der Waals surface area (Å²) in [5.74, 6) is 0. The SMILES string of the molecule is CC1(CNCC2(C)COCC2N)CC1. The molecule has 1 heterocycles. The largest absolute Gasteiger partial charge is 0.379 e. The number of hydrogen-bond acceptors (Lipinski definition) is 3. The second-order valence-electron chi connectivity index (χ2n) is 5.69. The summed E-state index contributed by atoms with van der Waals surface area (Å²) < 4.78 is 5.41. The number of rotatable bonds is 4. The lowest BCUT2D eigenvalue weighted by atomic mass is 9.85. The molecule has 0 radical (unpaired) electrons. The van der Waals surface area contributed by atoms with Gasteiger partial charge in [0.05, 0.1) is 13.2 Å². The Morgan fingerprint density at radius 2 is 2.07 bits per heavy atom. The minimum atomic E-state index is 0.144.